The zero-order valence-electron chi connectivity index (χ0n) is 14.6. The molecule has 0 aromatic heterocycles. The van der Waals surface area contributed by atoms with E-state index >= 15 is 0 Å². The number of amides is 2. The van der Waals surface area contributed by atoms with Crippen LogP contribution in [0, 0.1) is 3.57 Å². The molecule has 2 aromatic carbocycles. The second kappa shape index (κ2) is 7.77. The Labute approximate surface area is 177 Å². The average molecular weight is 496 g/mol. The lowest BCUT2D eigenvalue weighted by Crippen LogP contribution is -2.52. The van der Waals surface area contributed by atoms with E-state index < -0.39 is 0 Å². The van der Waals surface area contributed by atoms with Crippen LogP contribution in [0.25, 0.3) is 0 Å². The van der Waals surface area contributed by atoms with E-state index in [4.69, 9.17) is 11.6 Å². The highest BCUT2D eigenvalue weighted by atomic mass is 127. The molecule has 2 aromatic rings. The molecule has 2 heterocycles. The molecular weight excluding hydrogens is 477 g/mol. The second-order valence-corrected chi connectivity index (χ2v) is 8.45. The molecule has 0 saturated carbocycles. The summed E-state index contributed by atoms with van der Waals surface area (Å²) in [5.74, 6) is -0.235. The summed E-state index contributed by atoms with van der Waals surface area (Å²) < 4.78 is 1.07. The molecule has 1 atom stereocenters. The van der Waals surface area contributed by atoms with E-state index in [0.717, 1.165) is 40.5 Å². The molecule has 2 aliphatic rings. The van der Waals surface area contributed by atoms with Crippen molar-refractivity contribution in [3.8, 4) is 0 Å². The number of carbonyl (C=O) groups excluding carboxylic acids is 2. The molecule has 0 radical (unpaired) electrons. The van der Waals surface area contributed by atoms with Gasteiger partial charge in [0, 0.05) is 40.5 Å². The summed E-state index contributed by atoms with van der Waals surface area (Å²) in [5, 5.41) is 0.722. The van der Waals surface area contributed by atoms with Gasteiger partial charge in [0.25, 0.3) is 5.91 Å². The molecular formula is C20H19ClIN3O2. The van der Waals surface area contributed by atoms with Crippen molar-refractivity contribution in [1.82, 2.24) is 4.90 Å². The molecule has 2 fully saturated rings. The summed E-state index contributed by atoms with van der Waals surface area (Å²) in [4.78, 5) is 31.2. The van der Waals surface area contributed by atoms with Gasteiger partial charge in [-0.05, 0) is 65.1 Å². The zero-order chi connectivity index (χ0) is 19.0. The summed E-state index contributed by atoms with van der Waals surface area (Å²) in [6, 6.07) is 14.9. The molecule has 2 aliphatic heterocycles. The van der Waals surface area contributed by atoms with Crippen LogP contribution in [0.2, 0.25) is 5.02 Å². The van der Waals surface area contributed by atoms with Gasteiger partial charge in [-0.15, -0.1) is 0 Å². The largest absolute Gasteiger partial charge is 0.369 e. The highest BCUT2D eigenvalue weighted by Gasteiger charge is 2.43. The van der Waals surface area contributed by atoms with Crippen molar-refractivity contribution in [2.75, 3.05) is 36.0 Å². The number of imide groups is 1. The molecule has 0 aliphatic carbocycles. The molecule has 140 valence electrons. The van der Waals surface area contributed by atoms with Gasteiger partial charge in [0.2, 0.25) is 5.91 Å². The summed E-state index contributed by atoms with van der Waals surface area (Å²) in [5.41, 5.74) is 1.75. The number of piperazine rings is 1. The van der Waals surface area contributed by atoms with Gasteiger partial charge in [-0.3, -0.25) is 14.5 Å². The maximum Gasteiger partial charge on any atom is 0.251 e. The Morgan fingerprint density at radius 3 is 2.30 bits per heavy atom. The number of hydrogen-bond acceptors (Lipinski definition) is 4. The highest BCUT2D eigenvalue weighted by molar-refractivity contribution is 14.1. The molecule has 2 amide bonds. The summed E-state index contributed by atoms with van der Waals surface area (Å²) in [6.45, 7) is 3.11. The molecule has 0 spiro atoms. The fourth-order valence-electron chi connectivity index (χ4n) is 3.73. The van der Waals surface area contributed by atoms with Gasteiger partial charge >= 0.3 is 0 Å². The van der Waals surface area contributed by atoms with Crippen molar-refractivity contribution < 1.29 is 9.59 Å². The third-order valence-corrected chi connectivity index (χ3v) is 6.09. The van der Waals surface area contributed by atoms with Gasteiger partial charge in [-0.25, -0.2) is 4.90 Å². The Hall–Kier alpha value is -1.64. The summed E-state index contributed by atoms with van der Waals surface area (Å²) in [6.07, 6.45) is 0.252. The molecule has 0 bridgehead atoms. The second-order valence-electron chi connectivity index (χ2n) is 6.77. The van der Waals surface area contributed by atoms with Crippen LogP contribution in [0.15, 0.2) is 48.5 Å². The molecule has 2 saturated heterocycles. The first-order valence-corrected chi connectivity index (χ1v) is 10.4. The third-order valence-electron chi connectivity index (χ3n) is 5.14. The van der Waals surface area contributed by atoms with Crippen molar-refractivity contribution in [3.05, 3.63) is 57.1 Å². The first-order chi connectivity index (χ1) is 13.0. The minimum Gasteiger partial charge on any atom is -0.369 e. The van der Waals surface area contributed by atoms with E-state index in [1.54, 1.807) is 0 Å². The fraction of sp³-hybridized carbons (Fsp3) is 0.300. The number of anilines is 2. The van der Waals surface area contributed by atoms with Crippen LogP contribution in [0.4, 0.5) is 11.4 Å². The Morgan fingerprint density at radius 2 is 1.63 bits per heavy atom. The molecule has 1 unspecified atom stereocenters. The number of rotatable bonds is 3. The van der Waals surface area contributed by atoms with Crippen molar-refractivity contribution in [1.29, 1.82) is 0 Å². The van der Waals surface area contributed by atoms with E-state index in [1.807, 2.05) is 48.5 Å². The van der Waals surface area contributed by atoms with E-state index in [1.165, 1.54) is 4.90 Å². The van der Waals surface area contributed by atoms with E-state index in [2.05, 4.69) is 32.4 Å². The first-order valence-electron chi connectivity index (χ1n) is 8.90. The van der Waals surface area contributed by atoms with Crippen LogP contribution in [-0.4, -0.2) is 48.9 Å². The lowest BCUT2D eigenvalue weighted by atomic mass is 10.1. The Morgan fingerprint density at radius 1 is 0.926 bits per heavy atom. The maximum atomic E-state index is 12.9. The predicted molar refractivity (Wildman–Crippen MR) is 115 cm³/mol. The van der Waals surface area contributed by atoms with Crippen LogP contribution >= 0.6 is 34.2 Å². The zero-order valence-corrected chi connectivity index (χ0v) is 17.6. The number of halogens is 2. The van der Waals surface area contributed by atoms with Crippen molar-refractivity contribution in [3.63, 3.8) is 0 Å². The Balaban J connectivity index is 1.43. The monoisotopic (exact) mass is 495 g/mol. The maximum absolute atomic E-state index is 12.9. The van der Waals surface area contributed by atoms with Gasteiger partial charge in [0.15, 0.2) is 0 Å². The quantitative estimate of drug-likeness (QED) is 0.484. The van der Waals surface area contributed by atoms with Crippen LogP contribution in [0.3, 0.4) is 0 Å². The van der Waals surface area contributed by atoms with Gasteiger partial charge in [-0.2, -0.15) is 0 Å². The molecule has 7 heteroatoms. The summed E-state index contributed by atoms with van der Waals surface area (Å²) >= 11 is 8.30. The minimum atomic E-state index is -0.363. The third kappa shape index (κ3) is 3.83. The van der Waals surface area contributed by atoms with Crippen LogP contribution in [0.1, 0.15) is 6.42 Å². The summed E-state index contributed by atoms with van der Waals surface area (Å²) in [7, 11) is 0. The van der Waals surface area contributed by atoms with Gasteiger partial charge in [-0.1, -0.05) is 17.7 Å². The first kappa shape index (κ1) is 18.7. The lowest BCUT2D eigenvalue weighted by Gasteiger charge is -2.38. The van der Waals surface area contributed by atoms with E-state index in [9.17, 15) is 9.59 Å². The Bertz CT molecular complexity index is 866. The SMILES string of the molecule is O=C1CC(N2CCN(c3cccc(Cl)c3)CC2)C(=O)N1c1ccc(I)cc1. The van der Waals surface area contributed by atoms with Gasteiger partial charge in [0.1, 0.15) is 0 Å². The molecule has 4 rings (SSSR count). The number of nitrogens with zero attached hydrogens (tertiary/aromatic N) is 3. The van der Waals surface area contributed by atoms with E-state index in [0.29, 0.717) is 5.69 Å². The topological polar surface area (TPSA) is 43.9 Å². The van der Waals surface area contributed by atoms with Gasteiger partial charge in [0.05, 0.1) is 18.2 Å². The predicted octanol–water partition coefficient (Wildman–Crippen LogP) is 3.40. The van der Waals surface area contributed by atoms with Crippen molar-refractivity contribution in [2.24, 2.45) is 0 Å². The normalized spacial score (nSPS) is 21.2. The average Bonchev–Trinajstić information content (AvgIpc) is 2.97. The fourth-order valence-corrected chi connectivity index (χ4v) is 4.27. The Kier molecular flexibility index (Phi) is 5.39. The lowest BCUT2D eigenvalue weighted by molar-refractivity contribution is -0.123. The molecule has 27 heavy (non-hydrogen) atoms. The van der Waals surface area contributed by atoms with Crippen molar-refractivity contribution in [2.45, 2.75) is 12.5 Å². The smallest absolute Gasteiger partial charge is 0.251 e. The van der Waals surface area contributed by atoms with Crippen LogP contribution in [0.5, 0.6) is 0 Å². The van der Waals surface area contributed by atoms with E-state index in [-0.39, 0.29) is 24.3 Å². The standard InChI is InChI=1S/C20H19ClIN3O2/c21-14-2-1-3-17(12-14)23-8-10-24(11-9-23)18-13-19(26)25(20(18)27)16-6-4-15(22)5-7-16/h1-7,12,18H,8-11,13H2. The van der Waals surface area contributed by atoms with Crippen molar-refractivity contribution >= 4 is 57.4 Å². The minimum absolute atomic E-state index is 0.114. The molecule has 5 nitrogen and oxygen atoms in total. The molecule has 0 N–H and O–H groups in total. The van der Waals surface area contributed by atoms with Gasteiger partial charge < -0.3 is 4.90 Å². The number of hydrogen-bond donors (Lipinski definition) is 0. The van der Waals surface area contributed by atoms with Crippen LogP contribution < -0.4 is 9.80 Å². The van der Waals surface area contributed by atoms with Crippen LogP contribution in [-0.2, 0) is 9.59 Å². The number of carbonyl (C=O) groups is 2. The highest BCUT2D eigenvalue weighted by Crippen LogP contribution is 2.28. The number of benzene rings is 2.